The summed E-state index contributed by atoms with van der Waals surface area (Å²) >= 11 is 0. The molecule has 7 rings (SSSR count). The van der Waals surface area contributed by atoms with Crippen molar-refractivity contribution in [3.8, 4) is 23.0 Å². The molecule has 0 unspecified atom stereocenters. The first kappa shape index (κ1) is 32.1. The van der Waals surface area contributed by atoms with Crippen LogP contribution in [0, 0.1) is 13.8 Å². The van der Waals surface area contributed by atoms with E-state index >= 15 is 0 Å². The first-order chi connectivity index (χ1) is 23.7. The van der Waals surface area contributed by atoms with E-state index in [-0.39, 0.29) is 18.8 Å². The number of hydrogen-bond acceptors (Lipinski definition) is 7. The molecule has 0 aromatic heterocycles. The van der Waals surface area contributed by atoms with Gasteiger partial charge in [-0.1, -0.05) is 66.7 Å². The average Bonchev–Trinajstić information content (AvgIpc) is 3.57. The molecule has 3 aliphatic heterocycles. The Labute approximate surface area is 286 Å². The fourth-order valence-electron chi connectivity index (χ4n) is 7.00. The molecule has 252 valence electrons. The van der Waals surface area contributed by atoms with Gasteiger partial charge in [0.1, 0.15) is 30.2 Å². The van der Waals surface area contributed by atoms with E-state index in [0.717, 1.165) is 33.4 Å². The normalized spacial score (nSPS) is 18.5. The molecule has 3 aliphatic rings. The molecule has 9 heteroatoms. The van der Waals surface area contributed by atoms with Gasteiger partial charge in [0.25, 0.3) is 0 Å². The van der Waals surface area contributed by atoms with Crippen molar-refractivity contribution in [3.05, 3.63) is 124 Å². The van der Waals surface area contributed by atoms with Crippen LogP contribution in [-0.4, -0.2) is 47.8 Å². The minimum absolute atomic E-state index is 0.0958. The Kier molecular flexibility index (Phi) is 8.67. The Morgan fingerprint density at radius 1 is 0.980 bits per heavy atom. The van der Waals surface area contributed by atoms with Crippen molar-refractivity contribution >= 4 is 18.1 Å². The molecular formula is C40H40N2O7. The molecule has 3 heterocycles. The zero-order valence-electron chi connectivity index (χ0n) is 28.4. The van der Waals surface area contributed by atoms with Crippen LogP contribution in [0.15, 0.2) is 84.6 Å². The molecule has 0 radical (unpaired) electrons. The number of methoxy groups -OCH3 is 1. The molecule has 0 spiro atoms. The van der Waals surface area contributed by atoms with E-state index in [0.29, 0.717) is 53.8 Å². The lowest BCUT2D eigenvalue weighted by molar-refractivity contribution is -0.141. The molecule has 0 saturated carbocycles. The molecular weight excluding hydrogens is 620 g/mol. The second-order valence-electron chi connectivity index (χ2n) is 12.9. The molecule has 2 atom stereocenters. The summed E-state index contributed by atoms with van der Waals surface area (Å²) < 4.78 is 29.8. The predicted molar refractivity (Wildman–Crippen MR) is 184 cm³/mol. The van der Waals surface area contributed by atoms with E-state index in [1.807, 2.05) is 107 Å². The number of fused-ring (bicyclic) bond motifs is 5. The van der Waals surface area contributed by atoms with Crippen molar-refractivity contribution in [2.75, 3.05) is 13.9 Å². The zero-order chi connectivity index (χ0) is 34.2. The molecule has 9 nitrogen and oxygen atoms in total. The Morgan fingerprint density at radius 2 is 1.69 bits per heavy atom. The summed E-state index contributed by atoms with van der Waals surface area (Å²) in [5.74, 6) is 2.32. The summed E-state index contributed by atoms with van der Waals surface area (Å²) in [5, 5.41) is 0. The van der Waals surface area contributed by atoms with Gasteiger partial charge in [0.15, 0.2) is 11.5 Å². The van der Waals surface area contributed by atoms with Crippen LogP contribution in [-0.2, 0) is 29.1 Å². The van der Waals surface area contributed by atoms with Crippen molar-refractivity contribution in [1.82, 2.24) is 9.80 Å². The maximum Gasteiger partial charge on any atom is 0.411 e. The highest BCUT2D eigenvalue weighted by molar-refractivity contribution is 5.92. The van der Waals surface area contributed by atoms with Gasteiger partial charge in [0, 0.05) is 23.2 Å². The lowest BCUT2D eigenvalue weighted by Crippen LogP contribution is -2.61. The van der Waals surface area contributed by atoms with Crippen LogP contribution in [0.4, 0.5) is 4.79 Å². The Hall–Kier alpha value is -5.44. The Balaban J connectivity index is 1.45. The third-order valence-corrected chi connectivity index (χ3v) is 9.25. The van der Waals surface area contributed by atoms with E-state index in [9.17, 15) is 9.59 Å². The van der Waals surface area contributed by atoms with E-state index in [1.54, 1.807) is 16.9 Å². The number of carbonyl (C=O) groups is 2. The van der Waals surface area contributed by atoms with Crippen molar-refractivity contribution in [3.63, 3.8) is 0 Å². The fraction of sp³-hybridized carbons (Fsp3) is 0.300. The van der Waals surface area contributed by atoms with Gasteiger partial charge in [-0.15, -0.1) is 0 Å². The monoisotopic (exact) mass is 660 g/mol. The lowest BCUT2D eigenvalue weighted by Gasteiger charge is -2.50. The number of nitrogens with zero attached hydrogens (tertiary/aromatic N) is 2. The number of piperazine rings is 1. The molecule has 1 fully saturated rings. The van der Waals surface area contributed by atoms with E-state index in [2.05, 4.69) is 6.07 Å². The molecule has 0 aliphatic carbocycles. The summed E-state index contributed by atoms with van der Waals surface area (Å²) in [6, 6.07) is 24.3. The molecule has 4 aromatic rings. The van der Waals surface area contributed by atoms with Gasteiger partial charge in [0.2, 0.25) is 12.7 Å². The summed E-state index contributed by atoms with van der Waals surface area (Å²) in [7, 11) is 1.64. The Morgan fingerprint density at radius 3 is 2.39 bits per heavy atom. The second kappa shape index (κ2) is 13.2. The maximum atomic E-state index is 14.7. The van der Waals surface area contributed by atoms with Gasteiger partial charge in [-0.3, -0.25) is 9.69 Å². The summed E-state index contributed by atoms with van der Waals surface area (Å²) in [4.78, 5) is 32.2. The van der Waals surface area contributed by atoms with Crippen molar-refractivity contribution < 1.29 is 33.3 Å². The van der Waals surface area contributed by atoms with Crippen LogP contribution in [0.2, 0.25) is 0 Å². The molecule has 49 heavy (non-hydrogen) atoms. The first-order valence-electron chi connectivity index (χ1n) is 16.6. The molecule has 2 bridgehead atoms. The molecule has 4 aromatic carbocycles. The van der Waals surface area contributed by atoms with Gasteiger partial charge in [-0.2, -0.15) is 0 Å². The summed E-state index contributed by atoms with van der Waals surface area (Å²) in [6.45, 7) is 8.28. The Bertz CT molecular complexity index is 1920. The third kappa shape index (κ3) is 6.05. The number of amides is 2. The van der Waals surface area contributed by atoms with Crippen LogP contribution in [0.25, 0.3) is 6.08 Å². The molecule has 2 amide bonds. The topological polar surface area (TPSA) is 86.8 Å². The number of ether oxygens (including phenoxy) is 5. The van der Waals surface area contributed by atoms with Crippen LogP contribution in [0.5, 0.6) is 23.0 Å². The van der Waals surface area contributed by atoms with Crippen molar-refractivity contribution in [1.29, 1.82) is 0 Å². The van der Waals surface area contributed by atoms with Crippen molar-refractivity contribution in [2.45, 2.75) is 65.5 Å². The SMILES string of the molecule is COc1cc2c(cc1C)C[C@H]1C(=O)N(Cc3ccccc3)/C(=C/c3cc4c(c(C)c3OCc3ccccc3)OCO4)[C@@H]2N1C(=O)OC(C)C. The van der Waals surface area contributed by atoms with E-state index in [4.69, 9.17) is 23.7 Å². The van der Waals surface area contributed by atoms with Gasteiger partial charge in [-0.05, 0) is 73.7 Å². The van der Waals surface area contributed by atoms with Gasteiger partial charge >= 0.3 is 6.09 Å². The lowest BCUT2D eigenvalue weighted by atomic mass is 9.81. The van der Waals surface area contributed by atoms with Crippen LogP contribution in [0.1, 0.15) is 58.8 Å². The number of hydrogen-bond donors (Lipinski definition) is 0. The third-order valence-electron chi connectivity index (χ3n) is 9.25. The highest BCUT2D eigenvalue weighted by Crippen LogP contribution is 2.49. The fourth-order valence-corrected chi connectivity index (χ4v) is 7.00. The molecule has 0 N–H and O–H groups in total. The van der Waals surface area contributed by atoms with Crippen molar-refractivity contribution in [2.24, 2.45) is 0 Å². The minimum atomic E-state index is -0.760. The highest BCUT2D eigenvalue weighted by Gasteiger charge is 2.51. The number of benzene rings is 4. The highest BCUT2D eigenvalue weighted by atomic mass is 16.7. The number of carbonyl (C=O) groups excluding carboxylic acids is 2. The number of aryl methyl sites for hydroxylation is 1. The molecule has 1 saturated heterocycles. The smallest absolute Gasteiger partial charge is 0.411 e. The first-order valence-corrected chi connectivity index (χ1v) is 16.6. The standard InChI is InChI=1S/C40H40N2O7/c1-24(2)49-40(44)42-33-17-29-16-25(3)34(45-5)20-31(29)36(42)32(41(39(33)43)21-27-12-8-6-9-13-27)18-30-19-35-38(48-23-47-35)26(4)37(30)46-22-28-14-10-7-11-15-28/h6-16,18-20,24,33,36H,17,21-23H2,1-5H3/b32-18+/t33-,36+/m0/s1. The largest absolute Gasteiger partial charge is 0.496 e. The van der Waals surface area contributed by atoms with Gasteiger partial charge in [0.05, 0.1) is 19.8 Å². The van der Waals surface area contributed by atoms with Crippen LogP contribution >= 0.6 is 0 Å². The van der Waals surface area contributed by atoms with Gasteiger partial charge in [-0.25, -0.2) is 4.79 Å². The van der Waals surface area contributed by atoms with E-state index in [1.165, 1.54) is 0 Å². The average molecular weight is 661 g/mol. The number of rotatable bonds is 8. The minimum Gasteiger partial charge on any atom is -0.496 e. The van der Waals surface area contributed by atoms with Gasteiger partial charge < -0.3 is 28.6 Å². The quantitative estimate of drug-likeness (QED) is 0.193. The zero-order valence-corrected chi connectivity index (χ0v) is 28.4. The predicted octanol–water partition coefficient (Wildman–Crippen LogP) is 7.52. The van der Waals surface area contributed by atoms with E-state index < -0.39 is 18.2 Å². The summed E-state index contributed by atoms with van der Waals surface area (Å²) in [5.41, 5.74) is 6.88. The maximum absolute atomic E-state index is 14.7. The van der Waals surface area contributed by atoms with Crippen LogP contribution < -0.4 is 18.9 Å². The summed E-state index contributed by atoms with van der Waals surface area (Å²) in [6.07, 6.45) is 1.39. The van der Waals surface area contributed by atoms with Crippen LogP contribution in [0.3, 0.4) is 0 Å². The second-order valence-corrected chi connectivity index (χ2v) is 12.9.